The summed E-state index contributed by atoms with van der Waals surface area (Å²) in [6, 6.07) is 9.56. The molecule has 0 aliphatic carbocycles. The Balaban J connectivity index is 0.00000121. The van der Waals surface area contributed by atoms with E-state index < -0.39 is 4.08 Å². The van der Waals surface area contributed by atoms with Crippen LogP contribution in [0.4, 0.5) is 0 Å². The number of hydrogen-bond acceptors (Lipinski definition) is 2. The van der Waals surface area contributed by atoms with Crippen LogP contribution in [0, 0.1) is 0 Å². The fourth-order valence-corrected chi connectivity index (χ4v) is 1.20. The average molecular weight is 410 g/mol. The molecule has 1 aromatic carbocycles. The van der Waals surface area contributed by atoms with E-state index in [4.69, 9.17) is 36.9 Å². The molecule has 0 aliphatic heterocycles. The zero-order chi connectivity index (χ0) is 8.32. The minimum atomic E-state index is -0.733. The van der Waals surface area contributed by atoms with Crippen LogP contribution < -0.4 is 0 Å². The van der Waals surface area contributed by atoms with Crippen molar-refractivity contribution in [2.75, 3.05) is 5.88 Å². The van der Waals surface area contributed by atoms with Gasteiger partial charge in [0.25, 0.3) is 0 Å². The first kappa shape index (κ1) is 13.1. The Bertz CT molecular complexity index is 226. The molecule has 1 rings (SSSR count). The summed E-state index contributed by atoms with van der Waals surface area (Å²) in [7, 11) is 0. The second kappa shape index (κ2) is 5.78. The van der Waals surface area contributed by atoms with Gasteiger partial charge in [-0.3, -0.25) is 0 Å². The number of benzene rings is 1. The topological polar surface area (TPSA) is 0 Å². The SMILES string of the molecule is [Pb+2].[S-]C([S-])(CCl)c1ccccc1. The molecule has 0 N–H and O–H groups in total. The van der Waals surface area contributed by atoms with Gasteiger partial charge in [0.15, 0.2) is 0 Å². The van der Waals surface area contributed by atoms with E-state index in [0.29, 0.717) is 5.88 Å². The van der Waals surface area contributed by atoms with E-state index in [1.807, 2.05) is 30.3 Å². The molecule has 0 nitrogen and oxygen atoms in total. The normalized spacial score (nSPS) is 10.6. The predicted octanol–water partition coefficient (Wildman–Crippen LogP) is 1.79. The van der Waals surface area contributed by atoms with E-state index in [2.05, 4.69) is 0 Å². The van der Waals surface area contributed by atoms with Crippen molar-refractivity contribution in [3.63, 3.8) is 0 Å². The summed E-state index contributed by atoms with van der Waals surface area (Å²) in [6.45, 7) is 0. The molecule has 0 unspecified atom stereocenters. The number of rotatable bonds is 2. The molecular weight excluding hydrogens is 403 g/mol. The maximum absolute atomic E-state index is 5.62. The van der Waals surface area contributed by atoms with E-state index in [1.54, 1.807) is 0 Å². The molecule has 0 saturated heterocycles. The predicted molar refractivity (Wildman–Crippen MR) is 59.3 cm³/mol. The summed E-state index contributed by atoms with van der Waals surface area (Å²) < 4.78 is -0.733. The quantitative estimate of drug-likeness (QED) is 0.415. The van der Waals surface area contributed by atoms with Gasteiger partial charge in [0.05, 0.1) is 0 Å². The van der Waals surface area contributed by atoms with E-state index in [-0.39, 0.29) is 27.3 Å². The molecular formula is C8H7ClPbS2. The summed E-state index contributed by atoms with van der Waals surface area (Å²) in [5.74, 6) is 0.293. The van der Waals surface area contributed by atoms with Crippen LogP contribution in [0.3, 0.4) is 0 Å². The smallest absolute Gasteiger partial charge is 0.806 e. The Morgan fingerprint density at radius 1 is 1.17 bits per heavy atom. The standard InChI is InChI=1S/C8H9ClS2.Pb/c9-6-8(10,11)7-4-2-1-3-5-7;/h1-5,10-11H,6H2;/q;+2/p-2. The van der Waals surface area contributed by atoms with E-state index >= 15 is 0 Å². The Morgan fingerprint density at radius 3 is 2.08 bits per heavy atom. The molecule has 0 atom stereocenters. The Hall–Kier alpha value is 1.13. The fraction of sp³-hybridized carbons (Fsp3) is 0.250. The molecule has 62 valence electrons. The first-order valence-electron chi connectivity index (χ1n) is 3.19. The largest absolute Gasteiger partial charge is 2.00 e. The summed E-state index contributed by atoms with van der Waals surface area (Å²) >= 11 is 15.8. The van der Waals surface area contributed by atoms with Crippen LogP contribution in [0.25, 0.3) is 0 Å². The van der Waals surface area contributed by atoms with Crippen molar-refractivity contribution in [2.45, 2.75) is 4.08 Å². The van der Waals surface area contributed by atoms with Gasteiger partial charge in [0.2, 0.25) is 0 Å². The van der Waals surface area contributed by atoms with Gasteiger partial charge in [-0.05, 0) is 5.88 Å². The molecule has 1 aromatic rings. The van der Waals surface area contributed by atoms with Crippen molar-refractivity contribution in [1.29, 1.82) is 0 Å². The molecule has 2 radical (unpaired) electrons. The Kier molecular flexibility index (Phi) is 6.32. The second-order valence-corrected chi connectivity index (χ2v) is 4.17. The van der Waals surface area contributed by atoms with Gasteiger partial charge < -0.3 is 25.3 Å². The van der Waals surface area contributed by atoms with E-state index in [0.717, 1.165) is 5.56 Å². The van der Waals surface area contributed by atoms with Crippen LogP contribution in [-0.4, -0.2) is 33.2 Å². The summed E-state index contributed by atoms with van der Waals surface area (Å²) in [5.41, 5.74) is 0.931. The number of hydrogen-bond donors (Lipinski definition) is 0. The van der Waals surface area contributed by atoms with Gasteiger partial charge in [-0.1, -0.05) is 35.9 Å². The van der Waals surface area contributed by atoms with Gasteiger partial charge >= 0.3 is 27.3 Å². The third-order valence-corrected chi connectivity index (χ3v) is 2.87. The molecule has 0 aliphatic rings. The van der Waals surface area contributed by atoms with Crippen molar-refractivity contribution >= 4 is 64.2 Å². The minimum Gasteiger partial charge on any atom is -0.806 e. The van der Waals surface area contributed by atoms with Crippen LogP contribution in [0.15, 0.2) is 30.3 Å². The van der Waals surface area contributed by atoms with Gasteiger partial charge in [-0.25, -0.2) is 4.08 Å². The molecule has 0 fully saturated rings. The molecule has 12 heavy (non-hydrogen) atoms. The van der Waals surface area contributed by atoms with E-state index in [1.165, 1.54) is 0 Å². The van der Waals surface area contributed by atoms with Gasteiger partial charge in [-0.15, -0.1) is 11.6 Å². The van der Waals surface area contributed by atoms with Crippen molar-refractivity contribution in [1.82, 2.24) is 0 Å². The summed E-state index contributed by atoms with van der Waals surface area (Å²) in [5, 5.41) is 0. The van der Waals surface area contributed by atoms with Crippen molar-refractivity contribution in [3.8, 4) is 0 Å². The second-order valence-electron chi connectivity index (χ2n) is 2.25. The van der Waals surface area contributed by atoms with Crippen molar-refractivity contribution in [3.05, 3.63) is 35.9 Å². The molecule has 0 heterocycles. The fourth-order valence-electron chi connectivity index (χ4n) is 0.769. The molecule has 0 bridgehead atoms. The van der Waals surface area contributed by atoms with Gasteiger partial charge in [0.1, 0.15) is 0 Å². The van der Waals surface area contributed by atoms with E-state index in [9.17, 15) is 0 Å². The monoisotopic (exact) mass is 410 g/mol. The number of halogens is 1. The maximum Gasteiger partial charge on any atom is 2.00 e. The Morgan fingerprint density at radius 2 is 1.67 bits per heavy atom. The zero-order valence-electron chi connectivity index (χ0n) is 6.29. The van der Waals surface area contributed by atoms with Crippen LogP contribution >= 0.6 is 11.6 Å². The molecule has 0 aromatic heterocycles. The van der Waals surface area contributed by atoms with Crippen molar-refractivity contribution in [2.24, 2.45) is 0 Å². The third-order valence-electron chi connectivity index (χ3n) is 1.39. The summed E-state index contributed by atoms with van der Waals surface area (Å²) in [4.78, 5) is 0. The third kappa shape index (κ3) is 3.48. The van der Waals surface area contributed by atoms with Crippen LogP contribution in [0.1, 0.15) is 5.56 Å². The average Bonchev–Trinajstić information content (AvgIpc) is 2.06. The van der Waals surface area contributed by atoms with Crippen LogP contribution in [-0.2, 0) is 29.3 Å². The number of alkyl halides is 1. The zero-order valence-corrected chi connectivity index (χ0v) is 12.6. The Labute approximate surface area is 109 Å². The van der Waals surface area contributed by atoms with Crippen molar-refractivity contribution < 1.29 is 0 Å². The first-order valence-corrected chi connectivity index (χ1v) is 4.54. The van der Waals surface area contributed by atoms with Crippen LogP contribution in [0.2, 0.25) is 0 Å². The summed E-state index contributed by atoms with van der Waals surface area (Å²) in [6.07, 6.45) is 0. The van der Waals surface area contributed by atoms with Crippen LogP contribution in [0.5, 0.6) is 0 Å². The molecule has 0 spiro atoms. The molecule has 4 heteroatoms. The molecule has 0 saturated carbocycles. The maximum atomic E-state index is 5.62. The molecule has 0 amide bonds. The first-order chi connectivity index (χ1) is 5.17. The van der Waals surface area contributed by atoms with Gasteiger partial charge in [0, 0.05) is 0 Å². The van der Waals surface area contributed by atoms with Gasteiger partial charge in [-0.2, -0.15) is 0 Å². The minimum absolute atomic E-state index is 0.